The second kappa shape index (κ2) is 9.88. The van der Waals surface area contributed by atoms with E-state index in [1.165, 1.54) is 0 Å². The molecule has 1 amide bonds. The lowest BCUT2D eigenvalue weighted by Gasteiger charge is -2.18. The fourth-order valence-electron chi connectivity index (χ4n) is 1.67. The number of nitrogens with zero attached hydrogens (tertiary/aromatic N) is 1. The minimum atomic E-state index is -0.624. The van der Waals surface area contributed by atoms with E-state index in [0.29, 0.717) is 6.61 Å². The first-order chi connectivity index (χ1) is 10.2. The summed E-state index contributed by atoms with van der Waals surface area (Å²) < 4.78 is 10.5. The first-order valence-corrected chi connectivity index (χ1v) is 7.06. The minimum absolute atomic E-state index is 0.0992. The minimum Gasteiger partial charge on any atom is -0.445 e. The first kappa shape index (κ1) is 17.1. The van der Waals surface area contributed by atoms with Gasteiger partial charge >= 0.3 is 6.09 Å². The molecule has 0 radical (unpaired) electrons. The van der Waals surface area contributed by atoms with Crippen molar-refractivity contribution in [3.8, 4) is 0 Å². The number of alkyl carbamates (subject to hydrolysis) is 1. The van der Waals surface area contributed by atoms with Gasteiger partial charge in [0.05, 0.1) is 6.10 Å². The Morgan fingerprint density at radius 1 is 1.33 bits per heavy atom. The summed E-state index contributed by atoms with van der Waals surface area (Å²) in [5.41, 5.74) is 0.900. The van der Waals surface area contributed by atoms with E-state index in [4.69, 9.17) is 9.47 Å². The van der Waals surface area contributed by atoms with Gasteiger partial charge in [-0.2, -0.15) is 4.91 Å². The molecule has 0 saturated carbocycles. The molecule has 0 saturated heterocycles. The quantitative estimate of drug-likeness (QED) is 0.710. The highest BCUT2D eigenvalue weighted by atomic mass is 16.5. The lowest BCUT2D eigenvalue weighted by atomic mass is 10.2. The number of rotatable bonds is 9. The number of hydrogen-bond donors (Lipinski definition) is 1. The van der Waals surface area contributed by atoms with E-state index < -0.39 is 12.1 Å². The standard InChI is InChI=1S/C15H22N2O4/c1-3-9-20-12(2)14(17-19)10-16-15(18)21-11-13-7-5-4-6-8-13/h4-8,12,14H,3,9-11H2,1-2H3,(H,16,18)/t12?,14-/m1/s1. The van der Waals surface area contributed by atoms with E-state index >= 15 is 0 Å². The van der Waals surface area contributed by atoms with Crippen LogP contribution in [0.3, 0.4) is 0 Å². The van der Waals surface area contributed by atoms with Gasteiger partial charge in [0, 0.05) is 13.2 Å². The Morgan fingerprint density at radius 3 is 2.67 bits per heavy atom. The Bertz CT molecular complexity index is 425. The average molecular weight is 294 g/mol. The van der Waals surface area contributed by atoms with Crippen LogP contribution in [0.2, 0.25) is 0 Å². The number of carbonyl (C=O) groups excluding carboxylic acids is 1. The average Bonchev–Trinajstić information content (AvgIpc) is 2.52. The molecule has 1 aromatic carbocycles. The molecule has 116 valence electrons. The van der Waals surface area contributed by atoms with Crippen LogP contribution in [0.4, 0.5) is 4.79 Å². The number of ether oxygens (including phenoxy) is 2. The van der Waals surface area contributed by atoms with Gasteiger partial charge in [0.15, 0.2) is 0 Å². The van der Waals surface area contributed by atoms with Crippen LogP contribution in [0.5, 0.6) is 0 Å². The molecule has 0 aromatic heterocycles. The predicted octanol–water partition coefficient (Wildman–Crippen LogP) is 2.86. The zero-order valence-electron chi connectivity index (χ0n) is 12.5. The second-order valence-corrected chi connectivity index (χ2v) is 4.69. The van der Waals surface area contributed by atoms with Gasteiger partial charge in [-0.15, -0.1) is 0 Å². The van der Waals surface area contributed by atoms with Crippen LogP contribution in [0.1, 0.15) is 25.8 Å². The zero-order chi connectivity index (χ0) is 15.5. The maximum atomic E-state index is 11.6. The normalized spacial score (nSPS) is 13.2. The molecule has 1 rings (SSSR count). The predicted molar refractivity (Wildman–Crippen MR) is 79.9 cm³/mol. The van der Waals surface area contributed by atoms with Crippen molar-refractivity contribution in [2.45, 2.75) is 39.0 Å². The SMILES string of the molecule is CCCOC(C)[C@@H](CNC(=O)OCc1ccccc1)N=O. The van der Waals surface area contributed by atoms with Crippen LogP contribution in [0.15, 0.2) is 35.5 Å². The van der Waals surface area contributed by atoms with E-state index in [1.54, 1.807) is 6.92 Å². The number of hydrogen-bond acceptors (Lipinski definition) is 5. The highest BCUT2D eigenvalue weighted by molar-refractivity contribution is 5.67. The van der Waals surface area contributed by atoms with Crippen LogP contribution in [-0.2, 0) is 16.1 Å². The van der Waals surface area contributed by atoms with Crippen molar-refractivity contribution in [3.63, 3.8) is 0 Å². The molecule has 0 bridgehead atoms. The molecule has 0 aliphatic heterocycles. The summed E-state index contributed by atoms with van der Waals surface area (Å²) in [6, 6.07) is 8.74. The van der Waals surface area contributed by atoms with Crippen LogP contribution in [0.25, 0.3) is 0 Å². The molecule has 6 nitrogen and oxygen atoms in total. The Kier molecular flexibility index (Phi) is 8.04. The number of nitroso groups, excluding NO2 is 1. The molecule has 0 spiro atoms. The van der Waals surface area contributed by atoms with Gasteiger partial charge in [-0.1, -0.05) is 42.4 Å². The molecule has 0 aliphatic rings. The molecule has 6 heteroatoms. The maximum Gasteiger partial charge on any atom is 0.407 e. The van der Waals surface area contributed by atoms with Crippen LogP contribution in [-0.4, -0.2) is 31.4 Å². The Balaban J connectivity index is 2.28. The molecular formula is C15H22N2O4. The Hall–Kier alpha value is -1.95. The zero-order valence-corrected chi connectivity index (χ0v) is 12.5. The van der Waals surface area contributed by atoms with Crippen molar-refractivity contribution in [1.29, 1.82) is 0 Å². The van der Waals surface area contributed by atoms with Gasteiger partial charge in [-0.3, -0.25) is 0 Å². The number of amides is 1. The van der Waals surface area contributed by atoms with E-state index in [1.807, 2.05) is 37.3 Å². The summed E-state index contributed by atoms with van der Waals surface area (Å²) in [5.74, 6) is 0. The lowest BCUT2D eigenvalue weighted by Crippen LogP contribution is -2.38. The summed E-state index contributed by atoms with van der Waals surface area (Å²) in [7, 11) is 0. The Labute approximate surface area is 124 Å². The smallest absolute Gasteiger partial charge is 0.407 e. The molecule has 2 atom stereocenters. The third-order valence-corrected chi connectivity index (χ3v) is 2.93. The van der Waals surface area contributed by atoms with Crippen LogP contribution < -0.4 is 5.32 Å². The molecule has 1 unspecified atom stereocenters. The fourth-order valence-corrected chi connectivity index (χ4v) is 1.67. The summed E-state index contributed by atoms with van der Waals surface area (Å²) in [6.07, 6.45) is -0.0466. The van der Waals surface area contributed by atoms with Crippen molar-refractivity contribution in [1.82, 2.24) is 5.32 Å². The van der Waals surface area contributed by atoms with Gasteiger partial charge in [0.2, 0.25) is 0 Å². The van der Waals surface area contributed by atoms with Gasteiger partial charge in [0.25, 0.3) is 0 Å². The lowest BCUT2D eigenvalue weighted by molar-refractivity contribution is 0.0484. The van der Waals surface area contributed by atoms with Crippen molar-refractivity contribution < 1.29 is 14.3 Å². The molecular weight excluding hydrogens is 272 g/mol. The fraction of sp³-hybridized carbons (Fsp3) is 0.533. The third-order valence-electron chi connectivity index (χ3n) is 2.93. The molecule has 0 heterocycles. The second-order valence-electron chi connectivity index (χ2n) is 4.69. The van der Waals surface area contributed by atoms with E-state index in [2.05, 4.69) is 10.5 Å². The molecule has 0 aliphatic carbocycles. The monoisotopic (exact) mass is 294 g/mol. The van der Waals surface area contributed by atoms with Crippen molar-refractivity contribution in [2.75, 3.05) is 13.2 Å². The Morgan fingerprint density at radius 2 is 2.05 bits per heavy atom. The van der Waals surface area contributed by atoms with E-state index in [0.717, 1.165) is 12.0 Å². The van der Waals surface area contributed by atoms with Crippen molar-refractivity contribution in [2.24, 2.45) is 5.18 Å². The summed E-state index contributed by atoms with van der Waals surface area (Å²) in [5, 5.41) is 5.51. The molecule has 1 N–H and O–H groups in total. The highest BCUT2D eigenvalue weighted by Gasteiger charge is 2.19. The topological polar surface area (TPSA) is 77.0 Å². The first-order valence-electron chi connectivity index (χ1n) is 7.06. The van der Waals surface area contributed by atoms with Crippen molar-refractivity contribution in [3.05, 3.63) is 40.8 Å². The summed E-state index contributed by atoms with van der Waals surface area (Å²) in [4.78, 5) is 22.3. The van der Waals surface area contributed by atoms with E-state index in [-0.39, 0.29) is 19.3 Å². The van der Waals surface area contributed by atoms with Gasteiger partial charge in [0.1, 0.15) is 12.6 Å². The van der Waals surface area contributed by atoms with Gasteiger partial charge in [-0.05, 0) is 18.9 Å². The van der Waals surface area contributed by atoms with Crippen LogP contribution >= 0.6 is 0 Å². The molecule has 21 heavy (non-hydrogen) atoms. The molecule has 1 aromatic rings. The highest BCUT2D eigenvalue weighted by Crippen LogP contribution is 2.04. The molecule has 0 fully saturated rings. The largest absolute Gasteiger partial charge is 0.445 e. The number of carbonyl (C=O) groups is 1. The maximum absolute atomic E-state index is 11.6. The summed E-state index contributed by atoms with van der Waals surface area (Å²) >= 11 is 0. The summed E-state index contributed by atoms with van der Waals surface area (Å²) in [6.45, 7) is 4.59. The number of nitrogens with one attached hydrogen (secondary N) is 1. The van der Waals surface area contributed by atoms with Crippen LogP contribution in [0, 0.1) is 4.91 Å². The third kappa shape index (κ3) is 6.85. The number of benzene rings is 1. The van der Waals surface area contributed by atoms with Gasteiger partial charge < -0.3 is 14.8 Å². The van der Waals surface area contributed by atoms with E-state index in [9.17, 15) is 9.70 Å². The van der Waals surface area contributed by atoms with Gasteiger partial charge in [-0.25, -0.2) is 4.79 Å². The van der Waals surface area contributed by atoms with Crippen molar-refractivity contribution >= 4 is 6.09 Å².